The van der Waals surface area contributed by atoms with Crippen molar-refractivity contribution in [2.75, 3.05) is 48.9 Å². The average Bonchev–Trinajstić information content (AvgIpc) is 2.82. The van der Waals surface area contributed by atoms with Crippen molar-refractivity contribution in [2.24, 2.45) is 0 Å². The number of nitrogens with zero attached hydrogens (tertiary/aromatic N) is 1. The molecule has 2 heterocycles. The number of hydrogen-bond acceptors (Lipinski definition) is 6. The molecule has 0 saturated carbocycles. The number of nitrogens with two attached hydrogens (primary N) is 1. The van der Waals surface area contributed by atoms with E-state index < -0.39 is 0 Å². The summed E-state index contributed by atoms with van der Waals surface area (Å²) in [6.45, 7) is 5.91. The molecule has 0 radical (unpaired) electrons. The van der Waals surface area contributed by atoms with Gasteiger partial charge in [-0.2, -0.15) is 11.8 Å². The zero-order valence-electron chi connectivity index (χ0n) is 11.5. The number of carbonyl (C=O) groups is 1. The Morgan fingerprint density at radius 2 is 2.25 bits per heavy atom. The second-order valence-corrected chi connectivity index (χ2v) is 6.51. The molecule has 0 bridgehead atoms. The molecule has 2 rings (SSSR count). The number of hydrogen-bond donors (Lipinski definition) is 2. The van der Waals surface area contributed by atoms with Crippen molar-refractivity contribution >= 4 is 39.7 Å². The second-order valence-electron chi connectivity index (χ2n) is 4.28. The van der Waals surface area contributed by atoms with E-state index in [9.17, 15) is 4.79 Å². The fourth-order valence-electron chi connectivity index (χ4n) is 2.00. The summed E-state index contributed by atoms with van der Waals surface area (Å²) < 4.78 is 5.40. The lowest BCUT2D eigenvalue weighted by atomic mass is 10.3. The van der Waals surface area contributed by atoms with Crippen molar-refractivity contribution in [1.29, 1.82) is 0 Å². The van der Waals surface area contributed by atoms with Crippen LogP contribution in [0, 0.1) is 0 Å². The van der Waals surface area contributed by atoms with Gasteiger partial charge in [-0.3, -0.25) is 4.79 Å². The first-order valence-electron chi connectivity index (χ1n) is 6.37. The minimum absolute atomic E-state index is 0.177. The second kappa shape index (κ2) is 6.90. The van der Waals surface area contributed by atoms with Gasteiger partial charge in [0, 0.05) is 31.1 Å². The topological polar surface area (TPSA) is 67.6 Å². The highest BCUT2D eigenvalue weighted by atomic mass is 32.2. The van der Waals surface area contributed by atoms with E-state index in [0.29, 0.717) is 22.9 Å². The highest BCUT2D eigenvalue weighted by Gasteiger charge is 2.25. The molecule has 5 nitrogen and oxygen atoms in total. The molecule has 1 aliphatic heterocycles. The lowest BCUT2D eigenvalue weighted by molar-refractivity contribution is 0.0962. The van der Waals surface area contributed by atoms with Crippen molar-refractivity contribution in [3.8, 4) is 5.75 Å². The largest absolute Gasteiger partial charge is 0.492 e. The summed E-state index contributed by atoms with van der Waals surface area (Å²) in [7, 11) is 1.59. The van der Waals surface area contributed by atoms with Gasteiger partial charge < -0.3 is 20.7 Å². The van der Waals surface area contributed by atoms with E-state index in [0.717, 1.165) is 29.6 Å². The van der Waals surface area contributed by atoms with Crippen LogP contribution in [0.4, 0.5) is 10.7 Å². The molecule has 0 atom stereocenters. The smallest absolute Gasteiger partial charge is 0.263 e. The molecule has 0 spiro atoms. The minimum Gasteiger partial charge on any atom is -0.492 e. The molecule has 3 N–H and O–H groups in total. The van der Waals surface area contributed by atoms with Gasteiger partial charge in [-0.05, 0) is 0 Å². The molecule has 20 heavy (non-hydrogen) atoms. The van der Waals surface area contributed by atoms with Gasteiger partial charge in [0.1, 0.15) is 15.6 Å². The molecular weight excluding hydrogens is 294 g/mol. The molecule has 7 heteroatoms. The van der Waals surface area contributed by atoms with Crippen LogP contribution in [-0.2, 0) is 0 Å². The Morgan fingerprint density at radius 3 is 2.85 bits per heavy atom. The van der Waals surface area contributed by atoms with Gasteiger partial charge >= 0.3 is 0 Å². The number of methoxy groups -OCH3 is 1. The standard InChI is InChI=1S/C13H19N3O2S2/c1-3-4-15-12(17)11-9(14)10(18-2)13(20-11)16-5-7-19-8-6-16/h3H,1,4-8,14H2,2H3,(H,15,17). The van der Waals surface area contributed by atoms with Crippen LogP contribution < -0.4 is 20.7 Å². The molecule has 1 saturated heterocycles. The van der Waals surface area contributed by atoms with Crippen LogP contribution in [0.5, 0.6) is 5.75 Å². The Hall–Kier alpha value is -1.34. The Kier molecular flexibility index (Phi) is 5.19. The molecule has 0 aromatic carbocycles. The quantitative estimate of drug-likeness (QED) is 0.812. The van der Waals surface area contributed by atoms with Crippen LogP contribution in [0.25, 0.3) is 0 Å². The Labute approximate surface area is 127 Å². The number of carbonyl (C=O) groups excluding carboxylic acids is 1. The summed E-state index contributed by atoms with van der Waals surface area (Å²) in [5, 5.41) is 3.71. The summed E-state index contributed by atoms with van der Waals surface area (Å²) in [5.74, 6) is 2.60. The van der Waals surface area contributed by atoms with Gasteiger partial charge in [0.25, 0.3) is 5.91 Å². The summed E-state index contributed by atoms with van der Waals surface area (Å²) in [6, 6.07) is 0. The first kappa shape index (κ1) is 15.1. The van der Waals surface area contributed by atoms with E-state index in [4.69, 9.17) is 10.5 Å². The van der Waals surface area contributed by atoms with Crippen LogP contribution in [0.3, 0.4) is 0 Å². The van der Waals surface area contributed by atoms with E-state index in [1.165, 1.54) is 11.3 Å². The fourth-order valence-corrected chi connectivity index (χ4v) is 4.06. The van der Waals surface area contributed by atoms with E-state index in [-0.39, 0.29) is 5.91 Å². The van der Waals surface area contributed by atoms with Gasteiger partial charge in [-0.15, -0.1) is 17.9 Å². The number of rotatable bonds is 5. The van der Waals surface area contributed by atoms with Crippen molar-refractivity contribution in [3.63, 3.8) is 0 Å². The van der Waals surface area contributed by atoms with E-state index in [2.05, 4.69) is 16.8 Å². The van der Waals surface area contributed by atoms with Crippen molar-refractivity contribution in [3.05, 3.63) is 17.5 Å². The molecule has 110 valence electrons. The highest BCUT2D eigenvalue weighted by Crippen LogP contribution is 2.45. The molecule has 1 aliphatic rings. The van der Waals surface area contributed by atoms with Crippen LogP contribution in [0.2, 0.25) is 0 Å². The fraction of sp³-hybridized carbons (Fsp3) is 0.462. The van der Waals surface area contributed by atoms with Crippen LogP contribution in [0.15, 0.2) is 12.7 Å². The summed E-state index contributed by atoms with van der Waals surface area (Å²) in [4.78, 5) is 14.8. The predicted molar refractivity (Wildman–Crippen MR) is 87.4 cm³/mol. The van der Waals surface area contributed by atoms with E-state index in [1.54, 1.807) is 13.2 Å². The third-order valence-electron chi connectivity index (χ3n) is 3.00. The number of thioether (sulfide) groups is 1. The number of amides is 1. The number of nitrogen functional groups attached to an aromatic ring is 1. The first-order valence-corrected chi connectivity index (χ1v) is 8.34. The van der Waals surface area contributed by atoms with E-state index >= 15 is 0 Å². The minimum atomic E-state index is -0.177. The molecule has 1 aromatic heterocycles. The van der Waals surface area contributed by atoms with Gasteiger partial charge in [0.2, 0.25) is 0 Å². The SMILES string of the molecule is C=CCNC(=O)c1sc(N2CCSCC2)c(OC)c1N. The average molecular weight is 313 g/mol. The molecule has 1 aromatic rings. The number of thiophene rings is 1. The monoisotopic (exact) mass is 313 g/mol. The summed E-state index contributed by atoms with van der Waals surface area (Å²) in [5.41, 5.74) is 6.48. The third-order valence-corrected chi connectivity index (χ3v) is 5.19. The Bertz CT molecular complexity index is 496. The number of anilines is 2. The number of ether oxygens (including phenoxy) is 1. The summed E-state index contributed by atoms with van der Waals surface area (Å²) in [6.07, 6.45) is 1.64. The molecule has 0 unspecified atom stereocenters. The van der Waals surface area contributed by atoms with Crippen LogP contribution in [0.1, 0.15) is 9.67 Å². The Morgan fingerprint density at radius 1 is 1.55 bits per heavy atom. The zero-order chi connectivity index (χ0) is 14.5. The van der Waals surface area contributed by atoms with Crippen molar-refractivity contribution in [1.82, 2.24) is 5.32 Å². The molecule has 1 fully saturated rings. The van der Waals surface area contributed by atoms with Gasteiger partial charge in [0.15, 0.2) is 5.75 Å². The number of nitrogens with one attached hydrogen (secondary N) is 1. The maximum Gasteiger partial charge on any atom is 0.263 e. The van der Waals surface area contributed by atoms with E-state index in [1.807, 2.05) is 11.8 Å². The third kappa shape index (κ3) is 3.04. The highest BCUT2D eigenvalue weighted by molar-refractivity contribution is 7.99. The van der Waals surface area contributed by atoms with Gasteiger partial charge in [-0.1, -0.05) is 6.08 Å². The maximum absolute atomic E-state index is 12.1. The lowest BCUT2D eigenvalue weighted by Gasteiger charge is -2.27. The maximum atomic E-state index is 12.1. The van der Waals surface area contributed by atoms with Crippen molar-refractivity contribution < 1.29 is 9.53 Å². The molecule has 0 aliphatic carbocycles. The summed E-state index contributed by atoms with van der Waals surface area (Å²) >= 11 is 3.33. The first-order chi connectivity index (χ1) is 9.69. The van der Waals surface area contributed by atoms with Crippen molar-refractivity contribution in [2.45, 2.75) is 0 Å². The Balaban J connectivity index is 2.27. The lowest BCUT2D eigenvalue weighted by Crippen LogP contribution is -2.32. The molecule has 1 amide bonds. The van der Waals surface area contributed by atoms with Crippen LogP contribution >= 0.6 is 23.1 Å². The van der Waals surface area contributed by atoms with Gasteiger partial charge in [0.05, 0.1) is 7.11 Å². The van der Waals surface area contributed by atoms with Crippen LogP contribution in [-0.4, -0.2) is 44.2 Å². The predicted octanol–water partition coefficient (Wildman–Crippen LogP) is 1.81. The van der Waals surface area contributed by atoms with Gasteiger partial charge in [-0.25, -0.2) is 0 Å². The normalized spacial score (nSPS) is 14.9. The zero-order valence-corrected chi connectivity index (χ0v) is 13.1. The molecular formula is C13H19N3O2S2.